The number of aryl methyl sites for hydroxylation is 3. The van der Waals surface area contributed by atoms with Gasteiger partial charge in [-0.2, -0.15) is 0 Å². The van der Waals surface area contributed by atoms with E-state index in [2.05, 4.69) is 71.0 Å². The van der Waals surface area contributed by atoms with Crippen molar-refractivity contribution in [3.63, 3.8) is 0 Å². The molecule has 0 amide bonds. The van der Waals surface area contributed by atoms with Crippen molar-refractivity contribution in [3.05, 3.63) is 82.7 Å². The molecule has 31 heavy (non-hydrogen) atoms. The third-order valence-electron chi connectivity index (χ3n) is 7.04. The Morgan fingerprint density at radius 3 is 2.26 bits per heavy atom. The van der Waals surface area contributed by atoms with Gasteiger partial charge in [0, 0.05) is 39.7 Å². The zero-order valence-corrected chi connectivity index (χ0v) is 18.5. The molecule has 0 saturated heterocycles. The molecule has 0 N–H and O–H groups in total. The first-order chi connectivity index (χ1) is 14.9. The highest BCUT2D eigenvalue weighted by atomic mass is 16.3. The second-order valence-corrected chi connectivity index (χ2v) is 9.28. The molecule has 3 aromatic heterocycles. The molecule has 152 valence electrons. The lowest BCUT2D eigenvalue weighted by atomic mass is 9.82. The van der Waals surface area contributed by atoms with Gasteiger partial charge >= 0.3 is 0 Å². The second kappa shape index (κ2) is 6.04. The minimum atomic E-state index is -0.0968. The Hall–Kier alpha value is -3.46. The van der Waals surface area contributed by atoms with E-state index in [1.165, 1.54) is 22.3 Å². The van der Waals surface area contributed by atoms with Crippen LogP contribution in [0, 0.1) is 20.8 Å². The average molecular weight is 405 g/mol. The van der Waals surface area contributed by atoms with Gasteiger partial charge in [0.2, 0.25) is 0 Å². The van der Waals surface area contributed by atoms with Crippen molar-refractivity contribution < 1.29 is 4.42 Å². The molecule has 5 aromatic rings. The Labute approximate surface area is 181 Å². The fraction of sp³-hybridized carbons (Fsp3) is 0.214. The van der Waals surface area contributed by atoms with Crippen LogP contribution >= 0.6 is 0 Å². The van der Waals surface area contributed by atoms with Crippen molar-refractivity contribution in [2.75, 3.05) is 0 Å². The standard InChI is InChI=1S/C28H24N2O/c1-15-8-9-18-19-10-11-20-24(25-21(28(20,4)5)7-6-12-29-25)27(19)31-26(18)23(15)22-13-16(2)17(3)14-30-22/h6-14H,1-5H3. The lowest BCUT2D eigenvalue weighted by Gasteiger charge is -2.20. The monoisotopic (exact) mass is 404 g/mol. The average Bonchev–Trinajstić information content (AvgIpc) is 3.23. The highest BCUT2D eigenvalue weighted by molar-refractivity contribution is 6.14. The summed E-state index contributed by atoms with van der Waals surface area (Å²) in [6, 6.07) is 15.2. The molecule has 3 nitrogen and oxygen atoms in total. The number of aromatic nitrogens is 2. The van der Waals surface area contributed by atoms with Gasteiger partial charge in [0.05, 0.1) is 11.4 Å². The lowest BCUT2D eigenvalue weighted by molar-refractivity contribution is 0.653. The molecule has 0 fully saturated rings. The molecule has 6 rings (SSSR count). The third kappa shape index (κ3) is 2.35. The summed E-state index contributed by atoms with van der Waals surface area (Å²) < 4.78 is 6.70. The normalized spacial score (nSPS) is 14.2. The van der Waals surface area contributed by atoms with Gasteiger partial charge in [-0.1, -0.05) is 44.2 Å². The first-order valence-electron chi connectivity index (χ1n) is 10.8. The van der Waals surface area contributed by atoms with Crippen molar-refractivity contribution >= 4 is 21.9 Å². The molecule has 0 unspecified atom stereocenters. The van der Waals surface area contributed by atoms with Gasteiger partial charge < -0.3 is 4.42 Å². The van der Waals surface area contributed by atoms with Gasteiger partial charge in [-0.25, -0.2) is 0 Å². The summed E-state index contributed by atoms with van der Waals surface area (Å²) >= 11 is 0. The number of hydrogen-bond acceptors (Lipinski definition) is 3. The van der Waals surface area contributed by atoms with E-state index < -0.39 is 0 Å². The Bertz CT molecular complexity index is 1540. The molecule has 0 bridgehead atoms. The topological polar surface area (TPSA) is 38.9 Å². The van der Waals surface area contributed by atoms with Crippen LogP contribution in [0.5, 0.6) is 0 Å². The van der Waals surface area contributed by atoms with E-state index >= 15 is 0 Å². The van der Waals surface area contributed by atoms with E-state index in [1.54, 1.807) is 0 Å². The molecule has 1 aliphatic carbocycles. The summed E-state index contributed by atoms with van der Waals surface area (Å²) in [6.45, 7) is 10.9. The summed E-state index contributed by atoms with van der Waals surface area (Å²) in [4.78, 5) is 9.51. The molecule has 0 atom stereocenters. The zero-order valence-electron chi connectivity index (χ0n) is 18.5. The summed E-state index contributed by atoms with van der Waals surface area (Å²) in [5.74, 6) is 0. The van der Waals surface area contributed by atoms with Crippen LogP contribution in [-0.2, 0) is 5.41 Å². The maximum atomic E-state index is 6.70. The Balaban J connectivity index is 1.74. The number of furan rings is 1. The molecule has 1 aliphatic rings. The first kappa shape index (κ1) is 18.3. The number of rotatable bonds is 1. The number of hydrogen-bond donors (Lipinski definition) is 0. The van der Waals surface area contributed by atoms with Crippen molar-refractivity contribution in [2.24, 2.45) is 0 Å². The summed E-state index contributed by atoms with van der Waals surface area (Å²) in [5.41, 5.74) is 12.1. The first-order valence-corrected chi connectivity index (χ1v) is 10.8. The molecular weight excluding hydrogens is 380 g/mol. The van der Waals surface area contributed by atoms with Crippen molar-refractivity contribution in [3.8, 4) is 22.5 Å². The molecule has 3 heteroatoms. The van der Waals surface area contributed by atoms with Crippen LogP contribution in [-0.4, -0.2) is 9.97 Å². The second-order valence-electron chi connectivity index (χ2n) is 9.28. The van der Waals surface area contributed by atoms with Gasteiger partial charge in [-0.15, -0.1) is 0 Å². The van der Waals surface area contributed by atoms with Crippen LogP contribution in [0.2, 0.25) is 0 Å². The number of fused-ring (bicyclic) bond motifs is 7. The van der Waals surface area contributed by atoms with Crippen LogP contribution in [0.1, 0.15) is 41.7 Å². The molecule has 3 heterocycles. The molecule has 2 aromatic carbocycles. The number of nitrogens with zero attached hydrogens (tertiary/aromatic N) is 2. The molecule has 0 radical (unpaired) electrons. The minimum Gasteiger partial charge on any atom is -0.455 e. The fourth-order valence-electron chi connectivity index (χ4n) is 5.09. The summed E-state index contributed by atoms with van der Waals surface area (Å²) in [5, 5.41) is 2.26. The predicted octanol–water partition coefficient (Wildman–Crippen LogP) is 7.27. The lowest BCUT2D eigenvalue weighted by Crippen LogP contribution is -2.14. The van der Waals surface area contributed by atoms with E-state index in [1.807, 2.05) is 18.5 Å². The maximum absolute atomic E-state index is 6.70. The summed E-state index contributed by atoms with van der Waals surface area (Å²) in [6.07, 6.45) is 3.83. The highest BCUT2D eigenvalue weighted by Crippen LogP contribution is 2.52. The van der Waals surface area contributed by atoms with Crippen LogP contribution in [0.25, 0.3) is 44.5 Å². The van der Waals surface area contributed by atoms with Crippen LogP contribution in [0.4, 0.5) is 0 Å². The van der Waals surface area contributed by atoms with Crippen LogP contribution in [0.3, 0.4) is 0 Å². The van der Waals surface area contributed by atoms with E-state index in [-0.39, 0.29) is 5.41 Å². The van der Waals surface area contributed by atoms with Crippen LogP contribution < -0.4 is 0 Å². The van der Waals surface area contributed by atoms with Crippen molar-refractivity contribution in [1.82, 2.24) is 9.97 Å². The van der Waals surface area contributed by atoms with E-state index in [0.717, 1.165) is 50.0 Å². The van der Waals surface area contributed by atoms with E-state index in [9.17, 15) is 0 Å². The maximum Gasteiger partial charge on any atom is 0.145 e. The largest absolute Gasteiger partial charge is 0.455 e. The van der Waals surface area contributed by atoms with Gasteiger partial charge in [0.15, 0.2) is 0 Å². The SMILES string of the molecule is Cc1cnc(-c2c(C)ccc3c2oc2c4c(ccc23)C(C)(C)c2cccnc2-4)cc1C. The van der Waals surface area contributed by atoms with Gasteiger partial charge in [-0.05, 0) is 60.7 Å². The number of benzene rings is 2. The van der Waals surface area contributed by atoms with E-state index in [4.69, 9.17) is 14.4 Å². The van der Waals surface area contributed by atoms with Gasteiger partial charge in [0.25, 0.3) is 0 Å². The Kier molecular flexibility index (Phi) is 3.57. The smallest absolute Gasteiger partial charge is 0.145 e. The molecular formula is C28H24N2O. The van der Waals surface area contributed by atoms with E-state index in [0.29, 0.717) is 0 Å². The van der Waals surface area contributed by atoms with Crippen molar-refractivity contribution in [2.45, 2.75) is 40.0 Å². The highest BCUT2D eigenvalue weighted by Gasteiger charge is 2.38. The predicted molar refractivity (Wildman–Crippen MR) is 127 cm³/mol. The summed E-state index contributed by atoms with van der Waals surface area (Å²) in [7, 11) is 0. The zero-order chi connectivity index (χ0) is 21.5. The molecule has 0 spiro atoms. The Morgan fingerprint density at radius 1 is 0.742 bits per heavy atom. The molecule has 0 aliphatic heterocycles. The van der Waals surface area contributed by atoms with Crippen molar-refractivity contribution in [1.29, 1.82) is 0 Å². The van der Waals surface area contributed by atoms with Gasteiger partial charge in [-0.3, -0.25) is 9.97 Å². The fourth-order valence-corrected chi connectivity index (χ4v) is 5.09. The Morgan fingerprint density at radius 2 is 1.48 bits per heavy atom. The molecule has 0 saturated carbocycles. The quantitative estimate of drug-likeness (QED) is 0.295. The third-order valence-corrected chi connectivity index (χ3v) is 7.04. The van der Waals surface area contributed by atoms with Gasteiger partial charge in [0.1, 0.15) is 11.2 Å². The van der Waals surface area contributed by atoms with Crippen LogP contribution in [0.15, 0.2) is 59.3 Å². The minimum absolute atomic E-state index is 0.0968. The number of pyridine rings is 2.